The predicted molar refractivity (Wildman–Crippen MR) is 127 cm³/mol. The van der Waals surface area contributed by atoms with E-state index >= 15 is 0 Å². The maximum atomic E-state index is 3.62. The number of hydrogen-bond donors (Lipinski definition) is 0. The molecule has 0 saturated carbocycles. The van der Waals surface area contributed by atoms with E-state index in [1.54, 1.807) is 16.7 Å². The molecular weight excluding hydrogens is 515 g/mol. The van der Waals surface area contributed by atoms with Crippen molar-refractivity contribution < 1.29 is 25.8 Å². The third-order valence-corrected chi connectivity index (χ3v) is 7.03. The molecule has 1 unspecified atom stereocenters. The molecule has 0 bridgehead atoms. The molecule has 4 rings (SSSR count). The Kier molecular flexibility index (Phi) is 11.2. The van der Waals surface area contributed by atoms with Crippen LogP contribution in [0.4, 0.5) is 0 Å². The van der Waals surface area contributed by atoms with Crippen molar-refractivity contribution in [1.82, 2.24) is 0 Å². The van der Waals surface area contributed by atoms with E-state index < -0.39 is 0 Å². The van der Waals surface area contributed by atoms with Crippen LogP contribution in [0, 0.1) is 61.5 Å². The molecule has 0 amide bonds. The van der Waals surface area contributed by atoms with E-state index in [-0.39, 0.29) is 40.7 Å². The molecular formula is C28H40Hf. The second kappa shape index (κ2) is 11.5. The Labute approximate surface area is 200 Å². The first-order valence-electron chi connectivity index (χ1n) is 10.3. The fourth-order valence-electron chi connectivity index (χ4n) is 4.51. The first-order valence-corrected chi connectivity index (χ1v) is 10.3. The first kappa shape index (κ1) is 28.2. The van der Waals surface area contributed by atoms with Gasteiger partial charge in [0.2, 0.25) is 0 Å². The molecule has 0 saturated heterocycles. The molecule has 29 heavy (non-hydrogen) atoms. The van der Waals surface area contributed by atoms with Gasteiger partial charge in [0.1, 0.15) is 0 Å². The Balaban J connectivity index is 0.000000535. The summed E-state index contributed by atoms with van der Waals surface area (Å²) in [5.74, 6) is 0.674. The molecule has 0 heterocycles. The van der Waals surface area contributed by atoms with Crippen molar-refractivity contribution in [2.75, 3.05) is 0 Å². The van der Waals surface area contributed by atoms with Crippen molar-refractivity contribution in [3.05, 3.63) is 83.1 Å². The maximum absolute atomic E-state index is 3.62. The van der Waals surface area contributed by atoms with Crippen LogP contribution in [0.15, 0.2) is 12.1 Å². The average Bonchev–Trinajstić information content (AvgIpc) is 3.33. The third-order valence-electron chi connectivity index (χ3n) is 7.03. The number of aryl methyl sites for hydroxylation is 1. The molecule has 0 radical (unpaired) electrons. The second-order valence-corrected chi connectivity index (χ2v) is 8.29. The molecule has 0 aliphatic heterocycles. The van der Waals surface area contributed by atoms with E-state index in [0.29, 0.717) is 5.92 Å². The summed E-state index contributed by atoms with van der Waals surface area (Å²) in [6.45, 7) is 15.6. The molecule has 1 atom stereocenters. The van der Waals surface area contributed by atoms with Gasteiger partial charge in [0, 0.05) is 0 Å². The zero-order valence-corrected chi connectivity index (χ0v) is 23.9. The predicted octanol–water partition coefficient (Wildman–Crippen LogP) is 7.81. The third kappa shape index (κ3) is 5.27. The quantitative estimate of drug-likeness (QED) is 0.262. The van der Waals surface area contributed by atoms with Gasteiger partial charge < -0.3 is 14.9 Å². The van der Waals surface area contributed by atoms with Crippen LogP contribution in [0.25, 0.3) is 5.57 Å². The standard InChI is InChI=1S/C16H19.C10H15.2CH3.Hf/c1-3-11(2)14-10-9-13-8-7-12-5-4-6-15(12)16(13)14;1-6-7(2)9(4)10(5)8(6)3;;;/h7-8,11H,3-6,9H2,1-2H3;1-5H3;2*1H3;/q4*-1;+4. The molecule has 2 aliphatic rings. The van der Waals surface area contributed by atoms with Crippen molar-refractivity contribution in [3.63, 3.8) is 0 Å². The van der Waals surface area contributed by atoms with Crippen molar-refractivity contribution in [2.45, 2.75) is 80.6 Å². The van der Waals surface area contributed by atoms with E-state index in [1.807, 2.05) is 0 Å². The Morgan fingerprint density at radius 1 is 0.966 bits per heavy atom. The molecule has 1 heteroatoms. The first-order chi connectivity index (χ1) is 12.4. The summed E-state index contributed by atoms with van der Waals surface area (Å²) >= 11 is 0. The summed E-state index contributed by atoms with van der Waals surface area (Å²) in [6, 6.07) is 4.68. The zero-order chi connectivity index (χ0) is 19.0. The van der Waals surface area contributed by atoms with Gasteiger partial charge in [-0.1, -0.05) is 78.5 Å². The van der Waals surface area contributed by atoms with Crippen LogP contribution in [-0.4, -0.2) is 0 Å². The monoisotopic (exact) mass is 556 g/mol. The summed E-state index contributed by atoms with van der Waals surface area (Å²) in [6.07, 6.45) is 9.82. The van der Waals surface area contributed by atoms with E-state index in [0.717, 1.165) is 6.42 Å². The average molecular weight is 555 g/mol. The summed E-state index contributed by atoms with van der Waals surface area (Å²) in [5, 5.41) is 0. The minimum Gasteiger partial charge on any atom is -0.358 e. The number of rotatable bonds is 2. The number of fused-ring (bicyclic) bond motifs is 3. The molecule has 2 aromatic rings. The van der Waals surface area contributed by atoms with Crippen molar-refractivity contribution >= 4 is 5.57 Å². The number of hydrogen-bond acceptors (Lipinski definition) is 0. The van der Waals surface area contributed by atoms with Gasteiger partial charge in [0.05, 0.1) is 0 Å². The van der Waals surface area contributed by atoms with Crippen LogP contribution in [0.5, 0.6) is 0 Å². The van der Waals surface area contributed by atoms with Crippen molar-refractivity contribution in [3.8, 4) is 0 Å². The SMILES string of the molecule is CCC(C)C1=[C-]Cc2ccc3c(c21)CCC3.Cc1c(C)c(C)[c-](C)c1C.[CH3-].[CH3-].[Hf+4]. The van der Waals surface area contributed by atoms with Gasteiger partial charge >= 0.3 is 25.8 Å². The van der Waals surface area contributed by atoms with E-state index in [4.69, 9.17) is 0 Å². The van der Waals surface area contributed by atoms with E-state index in [9.17, 15) is 0 Å². The van der Waals surface area contributed by atoms with Crippen LogP contribution in [0.3, 0.4) is 0 Å². The smallest absolute Gasteiger partial charge is 0.358 e. The Morgan fingerprint density at radius 2 is 1.52 bits per heavy atom. The zero-order valence-electron chi connectivity index (χ0n) is 20.3. The van der Waals surface area contributed by atoms with Crippen LogP contribution in [-0.2, 0) is 45.1 Å². The summed E-state index contributed by atoms with van der Waals surface area (Å²) in [4.78, 5) is 0. The normalized spacial score (nSPS) is 14.2. The van der Waals surface area contributed by atoms with Crippen LogP contribution >= 0.6 is 0 Å². The minimum atomic E-state index is 0. The molecule has 2 aromatic carbocycles. The largest absolute Gasteiger partial charge is 4.00 e. The van der Waals surface area contributed by atoms with Crippen molar-refractivity contribution in [1.29, 1.82) is 0 Å². The van der Waals surface area contributed by atoms with Gasteiger partial charge in [-0.2, -0.15) is 33.4 Å². The molecule has 0 aromatic heterocycles. The molecule has 0 N–H and O–H groups in total. The van der Waals surface area contributed by atoms with E-state index in [2.05, 4.69) is 66.7 Å². The van der Waals surface area contributed by atoms with Gasteiger partial charge in [-0.05, 0) is 19.3 Å². The number of allylic oxidation sites excluding steroid dienone is 2. The van der Waals surface area contributed by atoms with Crippen molar-refractivity contribution in [2.24, 2.45) is 5.92 Å². The van der Waals surface area contributed by atoms with E-state index in [1.165, 1.54) is 64.6 Å². The van der Waals surface area contributed by atoms with Crippen LogP contribution in [0.2, 0.25) is 0 Å². The topological polar surface area (TPSA) is 0 Å². The fourth-order valence-corrected chi connectivity index (χ4v) is 4.51. The fraction of sp³-hybridized carbons (Fsp3) is 0.464. The molecule has 0 nitrogen and oxygen atoms in total. The van der Waals surface area contributed by atoms with Crippen LogP contribution in [0.1, 0.15) is 76.8 Å². The Morgan fingerprint density at radius 3 is 2.00 bits per heavy atom. The van der Waals surface area contributed by atoms with Crippen LogP contribution < -0.4 is 0 Å². The van der Waals surface area contributed by atoms with Gasteiger partial charge in [0.15, 0.2) is 0 Å². The summed E-state index contributed by atoms with van der Waals surface area (Å²) < 4.78 is 0. The van der Waals surface area contributed by atoms with Gasteiger partial charge in [0.25, 0.3) is 0 Å². The van der Waals surface area contributed by atoms with Gasteiger partial charge in [-0.3, -0.25) is 6.08 Å². The molecule has 2 aliphatic carbocycles. The second-order valence-electron chi connectivity index (χ2n) is 8.29. The maximum Gasteiger partial charge on any atom is 4.00 e. The van der Waals surface area contributed by atoms with Gasteiger partial charge in [-0.15, -0.1) is 17.5 Å². The summed E-state index contributed by atoms with van der Waals surface area (Å²) in [5.41, 5.74) is 15.2. The molecule has 0 spiro atoms. The molecule has 0 fully saturated rings. The Bertz CT molecular complexity index is 768. The molecule has 156 valence electrons. The number of benzene rings is 1. The summed E-state index contributed by atoms with van der Waals surface area (Å²) in [7, 11) is 0. The van der Waals surface area contributed by atoms with Gasteiger partial charge in [-0.25, -0.2) is 5.57 Å². The minimum absolute atomic E-state index is 0. The Hall–Kier alpha value is -0.820.